The van der Waals surface area contributed by atoms with Crippen LogP contribution >= 0.6 is 0 Å². The van der Waals surface area contributed by atoms with Crippen molar-refractivity contribution in [1.29, 1.82) is 0 Å². The van der Waals surface area contributed by atoms with Crippen LogP contribution in [0, 0.1) is 0 Å². The second-order valence-corrected chi connectivity index (χ2v) is 9.63. The third kappa shape index (κ3) is 5.13. The zero-order chi connectivity index (χ0) is 23.4. The maximum absolute atomic E-state index is 12.7. The number of benzene rings is 3. The fourth-order valence-corrected chi connectivity index (χ4v) is 4.94. The fraction of sp³-hybridized carbons (Fsp3) is 0.200. The lowest BCUT2D eigenvalue weighted by atomic mass is 10.1. The van der Waals surface area contributed by atoms with Gasteiger partial charge in [0.1, 0.15) is 0 Å². The highest BCUT2D eigenvalue weighted by atomic mass is 32.2. The third-order valence-electron chi connectivity index (χ3n) is 5.49. The highest BCUT2D eigenvalue weighted by molar-refractivity contribution is 7.89. The van der Waals surface area contributed by atoms with Crippen molar-refractivity contribution in [2.45, 2.75) is 30.8 Å². The predicted molar refractivity (Wildman–Crippen MR) is 124 cm³/mol. The van der Waals surface area contributed by atoms with E-state index in [1.54, 1.807) is 4.90 Å². The van der Waals surface area contributed by atoms with Crippen molar-refractivity contribution in [3.05, 3.63) is 95.6 Å². The van der Waals surface area contributed by atoms with Gasteiger partial charge in [-0.15, -0.1) is 0 Å². The van der Waals surface area contributed by atoms with Crippen LogP contribution in [0.4, 0.5) is 5.69 Å². The van der Waals surface area contributed by atoms with Crippen molar-refractivity contribution in [1.82, 2.24) is 4.72 Å². The van der Waals surface area contributed by atoms with Gasteiger partial charge in [0.2, 0.25) is 10.0 Å². The molecule has 0 aliphatic carbocycles. The van der Waals surface area contributed by atoms with Gasteiger partial charge in [-0.2, -0.15) is 0 Å². The van der Waals surface area contributed by atoms with Crippen molar-refractivity contribution in [2.24, 2.45) is 0 Å². The minimum atomic E-state index is -3.83. The van der Waals surface area contributed by atoms with E-state index in [1.807, 2.05) is 61.5 Å². The van der Waals surface area contributed by atoms with Crippen LogP contribution in [0.15, 0.2) is 83.8 Å². The van der Waals surface area contributed by atoms with E-state index in [9.17, 15) is 18.0 Å². The van der Waals surface area contributed by atoms with Crippen LogP contribution in [0.1, 0.15) is 28.4 Å². The summed E-state index contributed by atoms with van der Waals surface area (Å²) in [7, 11) is -3.83. The van der Waals surface area contributed by atoms with Gasteiger partial charge in [-0.1, -0.05) is 54.6 Å². The summed E-state index contributed by atoms with van der Waals surface area (Å²) in [5.74, 6) is -1.09. The Morgan fingerprint density at radius 1 is 1.00 bits per heavy atom. The molecule has 3 aromatic carbocycles. The maximum Gasteiger partial charge on any atom is 0.338 e. The molecular weight excluding hydrogens is 440 g/mol. The highest BCUT2D eigenvalue weighted by Crippen LogP contribution is 2.31. The first-order chi connectivity index (χ1) is 15.8. The molecule has 1 aliphatic rings. The molecule has 170 valence electrons. The van der Waals surface area contributed by atoms with E-state index >= 15 is 0 Å². The Bertz CT molecular complexity index is 1270. The molecule has 1 unspecified atom stereocenters. The van der Waals surface area contributed by atoms with Crippen molar-refractivity contribution < 1.29 is 22.7 Å². The van der Waals surface area contributed by atoms with Crippen molar-refractivity contribution in [3.8, 4) is 0 Å². The summed E-state index contributed by atoms with van der Waals surface area (Å²) in [6.07, 6.45) is 0.742. The second-order valence-electron chi connectivity index (χ2n) is 7.86. The van der Waals surface area contributed by atoms with E-state index in [4.69, 9.17) is 4.74 Å². The molecule has 7 nitrogen and oxygen atoms in total. The largest absolute Gasteiger partial charge is 0.452 e. The van der Waals surface area contributed by atoms with Crippen LogP contribution in [-0.2, 0) is 32.5 Å². The molecule has 0 radical (unpaired) electrons. The summed E-state index contributed by atoms with van der Waals surface area (Å²) in [4.78, 5) is 26.9. The first-order valence-electron chi connectivity index (χ1n) is 10.6. The van der Waals surface area contributed by atoms with Crippen LogP contribution in [0.5, 0.6) is 0 Å². The molecule has 1 amide bonds. The van der Waals surface area contributed by atoms with Gasteiger partial charge in [0.25, 0.3) is 5.91 Å². The topological polar surface area (TPSA) is 92.8 Å². The van der Waals surface area contributed by atoms with E-state index in [2.05, 4.69) is 4.72 Å². The van der Waals surface area contributed by atoms with E-state index in [0.717, 1.165) is 23.2 Å². The molecule has 1 atom stereocenters. The summed E-state index contributed by atoms with van der Waals surface area (Å²) in [6, 6.07) is 22.3. The van der Waals surface area contributed by atoms with Gasteiger partial charge in [-0.05, 0) is 48.7 Å². The Morgan fingerprint density at radius 2 is 1.73 bits per heavy atom. The van der Waals surface area contributed by atoms with Crippen LogP contribution in [0.2, 0.25) is 0 Å². The Labute approximate surface area is 193 Å². The molecular formula is C25H24N2O5S. The van der Waals surface area contributed by atoms with E-state index in [-0.39, 0.29) is 29.0 Å². The Kier molecular flexibility index (Phi) is 6.57. The number of carbonyl (C=O) groups excluding carboxylic acids is 2. The molecule has 1 aliphatic heterocycles. The number of nitrogens with zero attached hydrogens (tertiary/aromatic N) is 1. The minimum absolute atomic E-state index is 0.0299. The molecule has 33 heavy (non-hydrogen) atoms. The summed E-state index contributed by atoms with van der Waals surface area (Å²) in [6.45, 7) is 1.64. The smallest absolute Gasteiger partial charge is 0.338 e. The monoisotopic (exact) mass is 464 g/mol. The number of amides is 1. The fourth-order valence-electron chi connectivity index (χ4n) is 3.87. The molecule has 0 spiro atoms. The second kappa shape index (κ2) is 9.56. The summed E-state index contributed by atoms with van der Waals surface area (Å²) in [5.41, 5.74) is 2.77. The lowest BCUT2D eigenvalue weighted by Gasteiger charge is -2.22. The van der Waals surface area contributed by atoms with Gasteiger partial charge >= 0.3 is 5.97 Å². The molecule has 0 fully saturated rings. The van der Waals surface area contributed by atoms with Crippen molar-refractivity contribution >= 4 is 27.6 Å². The number of hydrogen-bond donors (Lipinski definition) is 1. The predicted octanol–water partition coefficient (Wildman–Crippen LogP) is 3.30. The lowest BCUT2D eigenvalue weighted by Crippen LogP contribution is -2.38. The van der Waals surface area contributed by atoms with E-state index < -0.39 is 22.6 Å². The zero-order valence-electron chi connectivity index (χ0n) is 18.1. The third-order valence-corrected chi connectivity index (χ3v) is 6.89. The maximum atomic E-state index is 12.7. The van der Waals surface area contributed by atoms with Crippen molar-refractivity contribution in [3.63, 3.8) is 0 Å². The first kappa shape index (κ1) is 22.7. The molecule has 3 aromatic rings. The molecule has 1 N–H and O–H groups in total. The quantitative estimate of drug-likeness (QED) is 0.542. The molecule has 4 rings (SSSR count). The van der Waals surface area contributed by atoms with E-state index in [1.165, 1.54) is 24.3 Å². The average molecular weight is 465 g/mol. The standard InChI is InChI=1S/C25H24N2O5S/c1-18-14-20-10-5-6-13-23(20)27(18)24(28)17-32-25(29)21-11-7-12-22(15-21)33(30,31)26-16-19-8-3-2-4-9-19/h2-13,15,18,26H,14,16-17H2,1H3. The summed E-state index contributed by atoms with van der Waals surface area (Å²) in [5, 5.41) is 0. The molecule has 0 saturated heterocycles. The molecule has 1 heterocycles. The van der Waals surface area contributed by atoms with Crippen LogP contribution in [0.25, 0.3) is 0 Å². The number of hydrogen-bond acceptors (Lipinski definition) is 5. The van der Waals surface area contributed by atoms with Crippen molar-refractivity contribution in [2.75, 3.05) is 11.5 Å². The van der Waals surface area contributed by atoms with Gasteiger partial charge in [-0.3, -0.25) is 4.79 Å². The molecule has 0 saturated carbocycles. The summed E-state index contributed by atoms with van der Waals surface area (Å²) >= 11 is 0. The number of carbonyl (C=O) groups is 2. The average Bonchev–Trinajstić information content (AvgIpc) is 3.17. The normalized spacial score (nSPS) is 15.2. The summed E-state index contributed by atoms with van der Waals surface area (Å²) < 4.78 is 33.0. The number of fused-ring (bicyclic) bond motifs is 1. The highest BCUT2D eigenvalue weighted by Gasteiger charge is 2.31. The number of para-hydroxylation sites is 1. The van der Waals surface area contributed by atoms with Gasteiger partial charge < -0.3 is 9.64 Å². The number of anilines is 1. The number of rotatable bonds is 7. The molecule has 8 heteroatoms. The Hall–Kier alpha value is -3.49. The zero-order valence-corrected chi connectivity index (χ0v) is 18.9. The molecule has 0 bridgehead atoms. The van der Waals surface area contributed by atoms with Gasteiger partial charge in [0.15, 0.2) is 6.61 Å². The number of ether oxygens (including phenoxy) is 1. The van der Waals surface area contributed by atoms with Crippen LogP contribution in [-0.4, -0.2) is 32.9 Å². The van der Waals surface area contributed by atoms with Crippen LogP contribution < -0.4 is 9.62 Å². The SMILES string of the molecule is CC1Cc2ccccc2N1C(=O)COC(=O)c1cccc(S(=O)(=O)NCc2ccccc2)c1. The molecule has 0 aromatic heterocycles. The number of esters is 1. The first-order valence-corrected chi connectivity index (χ1v) is 12.0. The Morgan fingerprint density at radius 3 is 2.52 bits per heavy atom. The van der Waals surface area contributed by atoms with Gasteiger partial charge in [0.05, 0.1) is 10.5 Å². The van der Waals surface area contributed by atoms with E-state index in [0.29, 0.717) is 0 Å². The van der Waals surface area contributed by atoms with Gasteiger partial charge in [0, 0.05) is 18.3 Å². The minimum Gasteiger partial charge on any atom is -0.452 e. The Balaban J connectivity index is 1.40. The lowest BCUT2D eigenvalue weighted by molar-refractivity contribution is -0.122. The van der Waals surface area contributed by atoms with Crippen LogP contribution in [0.3, 0.4) is 0 Å². The number of sulfonamides is 1. The number of nitrogens with one attached hydrogen (secondary N) is 1. The van der Waals surface area contributed by atoms with Gasteiger partial charge in [-0.25, -0.2) is 17.9 Å².